The van der Waals surface area contributed by atoms with Gasteiger partial charge in [0.15, 0.2) is 0 Å². The molecule has 0 saturated carbocycles. The molecule has 210 valence electrons. The molecule has 0 aliphatic rings. The van der Waals surface area contributed by atoms with Gasteiger partial charge in [0.05, 0.1) is 0 Å². The lowest BCUT2D eigenvalue weighted by molar-refractivity contribution is -0.147. The van der Waals surface area contributed by atoms with Gasteiger partial charge >= 0.3 is 5.97 Å². The van der Waals surface area contributed by atoms with Crippen LogP contribution >= 0.6 is 0 Å². The molecule has 0 saturated heterocycles. The molecule has 0 amide bonds. The van der Waals surface area contributed by atoms with Crippen LogP contribution in [0.2, 0.25) is 0 Å². The molecule has 2 nitrogen and oxygen atoms in total. The number of esters is 1. The van der Waals surface area contributed by atoms with E-state index in [1.54, 1.807) is 12.1 Å². The third-order valence-corrected chi connectivity index (χ3v) is 7.56. The normalized spacial score (nSPS) is 12.7. The minimum Gasteiger partial charge on any atom is -0.424 e. The molecule has 0 spiro atoms. The molecule has 3 heteroatoms. The second kappa shape index (κ2) is 16.2. The Morgan fingerprint density at radius 1 is 0.667 bits per heavy atom. The van der Waals surface area contributed by atoms with Gasteiger partial charge in [-0.25, -0.2) is 9.18 Å². The van der Waals surface area contributed by atoms with Gasteiger partial charge < -0.3 is 4.74 Å². The quantitative estimate of drug-likeness (QED) is 0.0985. The predicted octanol–water partition coefficient (Wildman–Crippen LogP) is 10.9. The molecule has 0 aliphatic heterocycles. The highest BCUT2D eigenvalue weighted by Gasteiger charge is 2.34. The Bertz CT molecular complexity index is 1120. The molecular formula is C36H47FO2. The summed E-state index contributed by atoms with van der Waals surface area (Å²) >= 11 is 0. The maximum atomic E-state index is 14.8. The molecule has 3 aromatic rings. The zero-order valence-corrected chi connectivity index (χ0v) is 24.3. The van der Waals surface area contributed by atoms with Crippen LogP contribution in [0.5, 0.6) is 5.75 Å². The highest BCUT2D eigenvalue weighted by molar-refractivity contribution is 5.84. The maximum absolute atomic E-state index is 14.8. The van der Waals surface area contributed by atoms with Crippen molar-refractivity contribution in [3.05, 3.63) is 78.4 Å². The number of alkyl halides is 1. The van der Waals surface area contributed by atoms with E-state index in [-0.39, 0.29) is 6.42 Å². The van der Waals surface area contributed by atoms with Gasteiger partial charge in [0.25, 0.3) is 0 Å². The first-order chi connectivity index (χ1) is 18.9. The molecule has 0 aliphatic carbocycles. The van der Waals surface area contributed by atoms with Crippen molar-refractivity contribution in [3.8, 4) is 28.0 Å². The third kappa shape index (κ3) is 9.95. The Kier molecular flexibility index (Phi) is 12.7. The second-order valence-electron chi connectivity index (χ2n) is 11.0. The number of aryl methyl sites for hydroxylation is 1. The van der Waals surface area contributed by atoms with E-state index in [4.69, 9.17) is 4.74 Å². The van der Waals surface area contributed by atoms with Gasteiger partial charge in [0.2, 0.25) is 5.67 Å². The molecule has 0 aromatic heterocycles. The zero-order valence-electron chi connectivity index (χ0n) is 24.3. The summed E-state index contributed by atoms with van der Waals surface area (Å²) in [7, 11) is 0. The van der Waals surface area contributed by atoms with E-state index < -0.39 is 11.6 Å². The molecule has 39 heavy (non-hydrogen) atoms. The van der Waals surface area contributed by atoms with Crippen LogP contribution in [0.4, 0.5) is 4.39 Å². The van der Waals surface area contributed by atoms with Crippen molar-refractivity contribution < 1.29 is 13.9 Å². The summed E-state index contributed by atoms with van der Waals surface area (Å²) in [5, 5.41) is 0. The summed E-state index contributed by atoms with van der Waals surface area (Å²) in [6, 6.07) is 24.7. The molecule has 0 heterocycles. The smallest absolute Gasteiger partial charge is 0.348 e. The van der Waals surface area contributed by atoms with Gasteiger partial charge in [-0.15, -0.1) is 0 Å². The minimum atomic E-state index is -1.97. The van der Waals surface area contributed by atoms with E-state index in [1.165, 1.54) is 69.4 Å². The van der Waals surface area contributed by atoms with E-state index in [9.17, 15) is 9.18 Å². The van der Waals surface area contributed by atoms with Gasteiger partial charge in [-0.1, -0.05) is 132 Å². The lowest BCUT2D eigenvalue weighted by Gasteiger charge is -2.18. The molecule has 0 radical (unpaired) electrons. The van der Waals surface area contributed by atoms with Gasteiger partial charge in [0, 0.05) is 0 Å². The molecule has 3 aromatic carbocycles. The Hall–Kier alpha value is -2.94. The molecule has 0 N–H and O–H groups in total. The fourth-order valence-electron chi connectivity index (χ4n) is 5.03. The van der Waals surface area contributed by atoms with E-state index in [2.05, 4.69) is 56.3 Å². The first-order valence-electron chi connectivity index (χ1n) is 15.1. The summed E-state index contributed by atoms with van der Waals surface area (Å²) in [6.07, 6.45) is 14.6. The number of carbonyl (C=O) groups excluding carboxylic acids is 1. The number of rotatable bonds is 17. The Labute approximate surface area is 236 Å². The minimum absolute atomic E-state index is 0.184. The van der Waals surface area contributed by atoms with Crippen LogP contribution in [-0.2, 0) is 11.2 Å². The van der Waals surface area contributed by atoms with Crippen molar-refractivity contribution in [1.29, 1.82) is 0 Å². The average molecular weight is 531 g/mol. The summed E-state index contributed by atoms with van der Waals surface area (Å²) in [5.74, 6) is -0.454. The van der Waals surface area contributed by atoms with Crippen molar-refractivity contribution in [3.63, 3.8) is 0 Å². The summed E-state index contributed by atoms with van der Waals surface area (Å²) < 4.78 is 20.2. The Morgan fingerprint density at radius 2 is 1.15 bits per heavy atom. The van der Waals surface area contributed by atoms with Crippen LogP contribution < -0.4 is 4.74 Å². The molecular weight excluding hydrogens is 483 g/mol. The number of carbonyl (C=O) groups is 1. The molecule has 1 atom stereocenters. The summed E-state index contributed by atoms with van der Waals surface area (Å²) in [6.45, 7) is 5.64. The van der Waals surface area contributed by atoms with Gasteiger partial charge in [0.1, 0.15) is 5.75 Å². The molecule has 0 bridgehead atoms. The average Bonchev–Trinajstić information content (AvgIpc) is 2.95. The predicted molar refractivity (Wildman–Crippen MR) is 163 cm³/mol. The van der Waals surface area contributed by atoms with Crippen molar-refractivity contribution in [1.82, 2.24) is 0 Å². The zero-order chi connectivity index (χ0) is 27.9. The third-order valence-electron chi connectivity index (χ3n) is 7.56. The highest BCUT2D eigenvalue weighted by atomic mass is 19.1. The van der Waals surface area contributed by atoms with Crippen LogP contribution in [0.15, 0.2) is 72.8 Å². The first-order valence-corrected chi connectivity index (χ1v) is 15.1. The number of hydrogen-bond acceptors (Lipinski definition) is 2. The number of benzene rings is 3. The fraction of sp³-hybridized carbons (Fsp3) is 0.472. The van der Waals surface area contributed by atoms with Crippen LogP contribution in [0.25, 0.3) is 22.3 Å². The standard InChI is InChI=1S/C36H47FO2/c1-4-6-8-9-10-11-12-13-17-29-20-22-30(23-21-29)33-18-14-15-19-34(33)31-24-26-32(27-25-31)39-35(38)36(3,37)28-16-7-5-2/h14-15,18-27H,4-13,16-17,28H2,1-3H3. The fourth-order valence-corrected chi connectivity index (χ4v) is 5.03. The van der Waals surface area contributed by atoms with Crippen LogP contribution in [0.3, 0.4) is 0 Å². The Balaban J connectivity index is 1.58. The van der Waals surface area contributed by atoms with Crippen molar-refractivity contribution in [2.45, 2.75) is 110 Å². The largest absolute Gasteiger partial charge is 0.424 e. The van der Waals surface area contributed by atoms with Gasteiger partial charge in [-0.3, -0.25) is 0 Å². The maximum Gasteiger partial charge on any atom is 0.348 e. The number of halogens is 1. The number of hydrogen-bond donors (Lipinski definition) is 0. The lowest BCUT2D eigenvalue weighted by atomic mass is 9.93. The van der Waals surface area contributed by atoms with E-state index in [1.807, 2.05) is 18.2 Å². The monoisotopic (exact) mass is 530 g/mol. The number of unbranched alkanes of at least 4 members (excludes halogenated alkanes) is 9. The SMILES string of the molecule is CCCCCCCCCCc1ccc(-c2ccccc2-c2ccc(OC(=O)C(C)(F)CCCCC)cc2)cc1. The van der Waals surface area contributed by atoms with Crippen LogP contribution in [0.1, 0.15) is 103 Å². The van der Waals surface area contributed by atoms with E-state index in [0.29, 0.717) is 12.2 Å². The number of ether oxygens (including phenoxy) is 1. The first kappa shape index (κ1) is 30.6. The van der Waals surface area contributed by atoms with Gasteiger partial charge in [-0.05, 0) is 72.6 Å². The molecule has 3 rings (SSSR count). The summed E-state index contributed by atoms with van der Waals surface area (Å²) in [5.41, 5.74) is 3.90. The summed E-state index contributed by atoms with van der Waals surface area (Å²) in [4.78, 5) is 12.4. The van der Waals surface area contributed by atoms with Crippen molar-refractivity contribution in [2.24, 2.45) is 0 Å². The highest BCUT2D eigenvalue weighted by Crippen LogP contribution is 2.33. The van der Waals surface area contributed by atoms with E-state index >= 15 is 0 Å². The lowest BCUT2D eigenvalue weighted by Crippen LogP contribution is -2.34. The van der Waals surface area contributed by atoms with Crippen LogP contribution in [0, 0.1) is 0 Å². The van der Waals surface area contributed by atoms with Gasteiger partial charge in [-0.2, -0.15) is 0 Å². The van der Waals surface area contributed by atoms with Crippen LogP contribution in [-0.4, -0.2) is 11.6 Å². The van der Waals surface area contributed by atoms with Crippen molar-refractivity contribution in [2.75, 3.05) is 0 Å². The molecule has 1 unspecified atom stereocenters. The molecule has 0 fully saturated rings. The second-order valence-corrected chi connectivity index (χ2v) is 11.0. The Morgan fingerprint density at radius 3 is 1.72 bits per heavy atom. The van der Waals surface area contributed by atoms with E-state index in [0.717, 1.165) is 36.0 Å². The van der Waals surface area contributed by atoms with Crippen molar-refractivity contribution >= 4 is 5.97 Å². The topological polar surface area (TPSA) is 26.3 Å².